The lowest BCUT2D eigenvalue weighted by Crippen LogP contribution is -2.43. The zero-order chi connectivity index (χ0) is 11.8. The zero-order valence-electron chi connectivity index (χ0n) is 10.2. The number of methoxy groups -OCH3 is 1. The van der Waals surface area contributed by atoms with Crippen LogP contribution < -0.4 is 5.73 Å². The standard InChI is InChI=1S/C12H20N2OS/c1-8-9(2)16-11(14-8)12(13)6-4-5-10(7-12)15-3/h10H,4-7,13H2,1-3H3. The first kappa shape index (κ1) is 12.0. The van der Waals surface area contributed by atoms with Crippen molar-refractivity contribution < 1.29 is 4.74 Å². The molecule has 0 aliphatic heterocycles. The second-order valence-corrected chi connectivity index (χ2v) is 5.97. The average Bonchev–Trinajstić information content (AvgIpc) is 2.60. The number of nitrogens with zero attached hydrogens (tertiary/aromatic N) is 1. The van der Waals surface area contributed by atoms with E-state index in [2.05, 4.69) is 18.8 Å². The van der Waals surface area contributed by atoms with Gasteiger partial charge in [-0.2, -0.15) is 0 Å². The Kier molecular flexibility index (Phi) is 3.33. The monoisotopic (exact) mass is 240 g/mol. The molecule has 2 atom stereocenters. The molecule has 0 radical (unpaired) electrons. The zero-order valence-corrected chi connectivity index (χ0v) is 11.1. The van der Waals surface area contributed by atoms with Crippen molar-refractivity contribution in [3.05, 3.63) is 15.6 Å². The number of aryl methyl sites for hydroxylation is 2. The number of hydrogen-bond donors (Lipinski definition) is 1. The maximum absolute atomic E-state index is 6.50. The topological polar surface area (TPSA) is 48.1 Å². The largest absolute Gasteiger partial charge is 0.381 e. The van der Waals surface area contributed by atoms with Crippen molar-refractivity contribution in [1.29, 1.82) is 0 Å². The van der Waals surface area contributed by atoms with E-state index in [0.29, 0.717) is 6.10 Å². The van der Waals surface area contributed by atoms with Gasteiger partial charge in [-0.05, 0) is 39.5 Å². The molecule has 0 bridgehead atoms. The third-order valence-electron chi connectivity index (χ3n) is 3.53. The van der Waals surface area contributed by atoms with Crippen LogP contribution in [-0.2, 0) is 10.3 Å². The summed E-state index contributed by atoms with van der Waals surface area (Å²) < 4.78 is 5.44. The molecule has 1 aromatic heterocycles. The Morgan fingerprint density at radius 3 is 2.81 bits per heavy atom. The van der Waals surface area contributed by atoms with Gasteiger partial charge in [-0.25, -0.2) is 4.98 Å². The molecule has 16 heavy (non-hydrogen) atoms. The van der Waals surface area contributed by atoms with Crippen LogP contribution in [-0.4, -0.2) is 18.2 Å². The fourth-order valence-corrected chi connectivity index (χ4v) is 3.39. The second kappa shape index (κ2) is 4.43. The van der Waals surface area contributed by atoms with E-state index < -0.39 is 0 Å². The van der Waals surface area contributed by atoms with Crippen molar-refractivity contribution in [1.82, 2.24) is 4.98 Å². The van der Waals surface area contributed by atoms with E-state index in [9.17, 15) is 0 Å². The van der Waals surface area contributed by atoms with Gasteiger partial charge in [-0.3, -0.25) is 0 Å². The Labute approximate surface area is 101 Å². The molecule has 1 fully saturated rings. The van der Waals surface area contributed by atoms with Crippen LogP contribution in [0.5, 0.6) is 0 Å². The van der Waals surface area contributed by atoms with Crippen molar-refractivity contribution in [3.8, 4) is 0 Å². The third-order valence-corrected chi connectivity index (χ3v) is 4.82. The molecule has 1 aromatic rings. The SMILES string of the molecule is COC1CCCC(N)(c2nc(C)c(C)s2)C1. The lowest BCUT2D eigenvalue weighted by atomic mass is 9.81. The molecule has 0 amide bonds. The van der Waals surface area contributed by atoms with Gasteiger partial charge in [-0.1, -0.05) is 0 Å². The molecule has 1 heterocycles. The summed E-state index contributed by atoms with van der Waals surface area (Å²) in [5.41, 5.74) is 7.35. The molecular formula is C12H20N2OS. The Morgan fingerprint density at radius 1 is 1.50 bits per heavy atom. The summed E-state index contributed by atoms with van der Waals surface area (Å²) >= 11 is 1.74. The first-order chi connectivity index (χ1) is 7.55. The molecule has 3 nitrogen and oxygen atoms in total. The highest BCUT2D eigenvalue weighted by Crippen LogP contribution is 2.38. The molecule has 1 saturated carbocycles. The van der Waals surface area contributed by atoms with Crippen LogP contribution in [0, 0.1) is 13.8 Å². The summed E-state index contributed by atoms with van der Waals surface area (Å²) in [4.78, 5) is 5.89. The number of hydrogen-bond acceptors (Lipinski definition) is 4. The quantitative estimate of drug-likeness (QED) is 0.864. The van der Waals surface area contributed by atoms with Crippen LogP contribution in [0.1, 0.15) is 41.3 Å². The van der Waals surface area contributed by atoms with E-state index in [1.54, 1.807) is 18.4 Å². The minimum atomic E-state index is -0.261. The summed E-state index contributed by atoms with van der Waals surface area (Å²) in [7, 11) is 1.77. The molecule has 90 valence electrons. The summed E-state index contributed by atoms with van der Waals surface area (Å²) in [6, 6.07) is 0. The summed E-state index contributed by atoms with van der Waals surface area (Å²) in [5.74, 6) is 0. The van der Waals surface area contributed by atoms with Crippen molar-refractivity contribution in [2.24, 2.45) is 5.73 Å². The van der Waals surface area contributed by atoms with Crippen LogP contribution in [0.4, 0.5) is 0 Å². The highest BCUT2D eigenvalue weighted by molar-refractivity contribution is 7.11. The highest BCUT2D eigenvalue weighted by Gasteiger charge is 2.37. The predicted octanol–water partition coefficient (Wildman–Crippen LogP) is 2.50. The molecule has 2 rings (SSSR count). The van der Waals surface area contributed by atoms with Crippen molar-refractivity contribution in [2.75, 3.05) is 7.11 Å². The Bertz CT molecular complexity index is 358. The molecule has 0 aromatic carbocycles. The van der Waals surface area contributed by atoms with E-state index in [1.165, 1.54) is 4.88 Å². The Morgan fingerprint density at radius 2 is 2.25 bits per heavy atom. The van der Waals surface area contributed by atoms with Crippen molar-refractivity contribution in [2.45, 2.75) is 51.2 Å². The predicted molar refractivity (Wildman–Crippen MR) is 66.7 cm³/mol. The van der Waals surface area contributed by atoms with Crippen LogP contribution in [0.15, 0.2) is 0 Å². The molecule has 2 N–H and O–H groups in total. The minimum Gasteiger partial charge on any atom is -0.381 e. The average molecular weight is 240 g/mol. The second-order valence-electron chi connectivity index (χ2n) is 4.77. The number of rotatable bonds is 2. The lowest BCUT2D eigenvalue weighted by Gasteiger charge is -2.35. The van der Waals surface area contributed by atoms with Crippen molar-refractivity contribution >= 4 is 11.3 Å². The molecule has 1 aliphatic carbocycles. The molecule has 0 spiro atoms. The van der Waals surface area contributed by atoms with Crippen LogP contribution in [0.2, 0.25) is 0 Å². The van der Waals surface area contributed by atoms with E-state index in [-0.39, 0.29) is 5.54 Å². The summed E-state index contributed by atoms with van der Waals surface area (Å²) in [6.07, 6.45) is 4.48. The molecule has 1 aliphatic rings. The number of nitrogens with two attached hydrogens (primary N) is 1. The molecule has 0 saturated heterocycles. The highest BCUT2D eigenvalue weighted by atomic mass is 32.1. The van der Waals surface area contributed by atoms with Gasteiger partial charge in [0.25, 0.3) is 0 Å². The van der Waals surface area contributed by atoms with Gasteiger partial charge in [0.2, 0.25) is 0 Å². The molecule has 2 unspecified atom stereocenters. The van der Waals surface area contributed by atoms with Gasteiger partial charge in [0.1, 0.15) is 5.01 Å². The van der Waals surface area contributed by atoms with Gasteiger partial charge >= 0.3 is 0 Å². The van der Waals surface area contributed by atoms with Crippen LogP contribution in [0.3, 0.4) is 0 Å². The van der Waals surface area contributed by atoms with Crippen molar-refractivity contribution in [3.63, 3.8) is 0 Å². The van der Waals surface area contributed by atoms with E-state index in [1.807, 2.05) is 0 Å². The third kappa shape index (κ3) is 2.14. The van der Waals surface area contributed by atoms with E-state index in [0.717, 1.165) is 36.4 Å². The molecule has 4 heteroatoms. The maximum Gasteiger partial charge on any atom is 0.113 e. The van der Waals surface area contributed by atoms with Gasteiger partial charge in [-0.15, -0.1) is 11.3 Å². The first-order valence-electron chi connectivity index (χ1n) is 5.81. The van der Waals surface area contributed by atoms with Gasteiger partial charge in [0.05, 0.1) is 17.3 Å². The Balaban J connectivity index is 2.23. The first-order valence-corrected chi connectivity index (χ1v) is 6.63. The fourth-order valence-electron chi connectivity index (χ4n) is 2.34. The number of aromatic nitrogens is 1. The maximum atomic E-state index is 6.50. The molecular weight excluding hydrogens is 220 g/mol. The fraction of sp³-hybridized carbons (Fsp3) is 0.750. The summed E-state index contributed by atoms with van der Waals surface area (Å²) in [6.45, 7) is 4.16. The number of ether oxygens (including phenoxy) is 1. The normalized spacial score (nSPS) is 30.6. The smallest absolute Gasteiger partial charge is 0.113 e. The Hall–Kier alpha value is -0.450. The van der Waals surface area contributed by atoms with E-state index in [4.69, 9.17) is 10.5 Å². The van der Waals surface area contributed by atoms with Crippen LogP contribution >= 0.6 is 11.3 Å². The lowest BCUT2D eigenvalue weighted by molar-refractivity contribution is 0.0406. The van der Waals surface area contributed by atoms with Gasteiger partial charge in [0, 0.05) is 12.0 Å². The van der Waals surface area contributed by atoms with E-state index >= 15 is 0 Å². The van der Waals surface area contributed by atoms with Crippen LogP contribution in [0.25, 0.3) is 0 Å². The van der Waals surface area contributed by atoms with Gasteiger partial charge < -0.3 is 10.5 Å². The summed E-state index contributed by atoms with van der Waals surface area (Å²) in [5, 5.41) is 1.09. The van der Waals surface area contributed by atoms with Gasteiger partial charge in [0.15, 0.2) is 0 Å². The minimum absolute atomic E-state index is 0.261. The number of thiazole rings is 1.